The van der Waals surface area contributed by atoms with Crippen molar-refractivity contribution in [2.75, 3.05) is 32.8 Å². The van der Waals surface area contributed by atoms with Gasteiger partial charge >= 0.3 is 6.03 Å². The van der Waals surface area contributed by atoms with Crippen LogP contribution in [0.3, 0.4) is 0 Å². The number of carbonyl (C=O) groups excluding carboxylic acids is 2. The second kappa shape index (κ2) is 7.51. The van der Waals surface area contributed by atoms with Crippen molar-refractivity contribution >= 4 is 23.5 Å². The SMILES string of the molecule is CCN1C[C@H](CN2C(=O)CNC2=O)OC[C@@H]1Cc1ccc(Cl)cc1. The highest BCUT2D eigenvalue weighted by Gasteiger charge is 2.34. The average molecular weight is 352 g/mol. The number of amides is 3. The maximum absolute atomic E-state index is 11.7. The molecule has 0 aliphatic carbocycles. The number of rotatable bonds is 5. The molecule has 0 radical (unpaired) electrons. The van der Waals surface area contributed by atoms with Gasteiger partial charge in [0.2, 0.25) is 5.91 Å². The first-order valence-electron chi connectivity index (χ1n) is 8.25. The molecular weight excluding hydrogens is 330 g/mol. The summed E-state index contributed by atoms with van der Waals surface area (Å²) in [6.07, 6.45) is 0.750. The van der Waals surface area contributed by atoms with E-state index in [9.17, 15) is 9.59 Å². The minimum Gasteiger partial charge on any atom is -0.373 e. The molecule has 0 bridgehead atoms. The van der Waals surface area contributed by atoms with Gasteiger partial charge in [0, 0.05) is 17.6 Å². The van der Waals surface area contributed by atoms with Gasteiger partial charge in [-0.05, 0) is 30.7 Å². The quantitative estimate of drug-likeness (QED) is 0.817. The fourth-order valence-corrected chi connectivity index (χ4v) is 3.36. The lowest BCUT2D eigenvalue weighted by Crippen LogP contribution is -2.54. The molecule has 2 heterocycles. The van der Waals surface area contributed by atoms with Gasteiger partial charge in [-0.25, -0.2) is 4.79 Å². The summed E-state index contributed by atoms with van der Waals surface area (Å²) in [6, 6.07) is 7.84. The number of ether oxygens (including phenoxy) is 1. The van der Waals surface area contributed by atoms with Crippen LogP contribution >= 0.6 is 11.6 Å². The van der Waals surface area contributed by atoms with E-state index in [2.05, 4.69) is 17.1 Å². The number of hydrogen-bond acceptors (Lipinski definition) is 4. The Balaban J connectivity index is 1.58. The third-order valence-corrected chi connectivity index (χ3v) is 4.84. The van der Waals surface area contributed by atoms with Crippen LogP contribution < -0.4 is 5.32 Å². The zero-order valence-electron chi connectivity index (χ0n) is 13.7. The molecule has 3 rings (SSSR count). The molecule has 7 heteroatoms. The molecule has 0 aromatic heterocycles. The normalized spacial score (nSPS) is 25.2. The fraction of sp³-hybridized carbons (Fsp3) is 0.529. The lowest BCUT2D eigenvalue weighted by Gasteiger charge is -2.40. The molecule has 0 saturated carbocycles. The third kappa shape index (κ3) is 3.88. The lowest BCUT2D eigenvalue weighted by atomic mass is 10.0. The van der Waals surface area contributed by atoms with E-state index in [0.29, 0.717) is 19.7 Å². The fourth-order valence-electron chi connectivity index (χ4n) is 3.24. The van der Waals surface area contributed by atoms with E-state index >= 15 is 0 Å². The van der Waals surface area contributed by atoms with E-state index in [1.54, 1.807) is 0 Å². The zero-order chi connectivity index (χ0) is 17.1. The van der Waals surface area contributed by atoms with E-state index in [4.69, 9.17) is 16.3 Å². The number of urea groups is 1. The van der Waals surface area contributed by atoms with Crippen molar-refractivity contribution in [1.29, 1.82) is 0 Å². The summed E-state index contributed by atoms with van der Waals surface area (Å²) in [5.74, 6) is -0.185. The van der Waals surface area contributed by atoms with Gasteiger partial charge in [0.15, 0.2) is 0 Å². The van der Waals surface area contributed by atoms with Crippen molar-refractivity contribution in [1.82, 2.24) is 15.1 Å². The molecule has 2 atom stereocenters. The van der Waals surface area contributed by atoms with Gasteiger partial charge in [-0.2, -0.15) is 0 Å². The van der Waals surface area contributed by atoms with Gasteiger partial charge in [0.05, 0.1) is 25.8 Å². The average Bonchev–Trinajstić information content (AvgIpc) is 2.90. The molecule has 2 aliphatic heterocycles. The molecule has 0 unspecified atom stereocenters. The molecule has 130 valence electrons. The molecule has 2 aliphatic rings. The molecule has 2 fully saturated rings. The highest BCUT2D eigenvalue weighted by Crippen LogP contribution is 2.19. The zero-order valence-corrected chi connectivity index (χ0v) is 14.5. The molecule has 0 spiro atoms. The standard InChI is InChI=1S/C17H22ClN3O3/c1-2-20-9-15(10-21-16(22)8-19-17(21)23)24-11-14(20)7-12-3-5-13(18)6-4-12/h3-6,14-15H,2,7-11H2,1H3,(H,19,23)/t14-,15+/m0/s1. The van der Waals surface area contributed by atoms with Crippen LogP contribution in [0, 0.1) is 0 Å². The summed E-state index contributed by atoms with van der Waals surface area (Å²) < 4.78 is 5.94. The number of benzene rings is 1. The number of hydrogen-bond donors (Lipinski definition) is 1. The van der Waals surface area contributed by atoms with Gasteiger partial charge in [-0.3, -0.25) is 14.6 Å². The topological polar surface area (TPSA) is 61.9 Å². The van der Waals surface area contributed by atoms with Crippen LogP contribution in [-0.2, 0) is 16.0 Å². The van der Waals surface area contributed by atoms with Crippen molar-refractivity contribution in [2.24, 2.45) is 0 Å². The van der Waals surface area contributed by atoms with Gasteiger partial charge in [-0.1, -0.05) is 30.7 Å². The van der Waals surface area contributed by atoms with Crippen LogP contribution in [0.5, 0.6) is 0 Å². The summed E-state index contributed by atoms with van der Waals surface area (Å²) in [5, 5.41) is 3.27. The van der Waals surface area contributed by atoms with Crippen molar-refractivity contribution in [3.63, 3.8) is 0 Å². The van der Waals surface area contributed by atoms with E-state index in [0.717, 1.165) is 18.0 Å². The molecule has 1 aromatic rings. The predicted molar refractivity (Wildman–Crippen MR) is 91.0 cm³/mol. The second-order valence-electron chi connectivity index (χ2n) is 6.19. The Hall–Kier alpha value is -1.63. The highest BCUT2D eigenvalue weighted by molar-refractivity contribution is 6.30. The van der Waals surface area contributed by atoms with Crippen LogP contribution in [0.25, 0.3) is 0 Å². The summed E-state index contributed by atoms with van der Waals surface area (Å²) in [7, 11) is 0. The number of nitrogens with one attached hydrogen (secondary N) is 1. The Kier molecular flexibility index (Phi) is 5.38. The second-order valence-corrected chi connectivity index (χ2v) is 6.63. The Labute approximate surface area is 146 Å². The van der Waals surface area contributed by atoms with E-state index < -0.39 is 0 Å². The Bertz CT molecular complexity index is 592. The molecule has 1 N–H and O–H groups in total. The van der Waals surface area contributed by atoms with Gasteiger partial charge in [0.1, 0.15) is 0 Å². The van der Waals surface area contributed by atoms with Crippen molar-refractivity contribution in [3.05, 3.63) is 34.9 Å². The van der Waals surface area contributed by atoms with Gasteiger partial charge in [0.25, 0.3) is 0 Å². The van der Waals surface area contributed by atoms with E-state index in [1.165, 1.54) is 10.5 Å². The molecule has 1 aromatic carbocycles. The number of likely N-dealkylation sites (N-methyl/N-ethyl adjacent to an activating group) is 1. The molecule has 3 amide bonds. The largest absolute Gasteiger partial charge is 0.373 e. The minimum atomic E-state index is -0.324. The maximum Gasteiger partial charge on any atom is 0.324 e. The number of halogens is 1. The van der Waals surface area contributed by atoms with Crippen LogP contribution in [-0.4, -0.2) is 66.7 Å². The van der Waals surface area contributed by atoms with Crippen LogP contribution in [0.4, 0.5) is 4.79 Å². The van der Waals surface area contributed by atoms with Crippen LogP contribution in [0.1, 0.15) is 12.5 Å². The first kappa shape index (κ1) is 17.2. The third-order valence-electron chi connectivity index (χ3n) is 4.59. The molecule has 2 saturated heterocycles. The summed E-state index contributed by atoms with van der Waals surface area (Å²) in [5.41, 5.74) is 1.22. The summed E-state index contributed by atoms with van der Waals surface area (Å²) >= 11 is 5.93. The minimum absolute atomic E-state index is 0.0856. The molecule has 6 nitrogen and oxygen atoms in total. The Morgan fingerprint density at radius 3 is 2.67 bits per heavy atom. The highest BCUT2D eigenvalue weighted by atomic mass is 35.5. The number of carbonyl (C=O) groups is 2. The van der Waals surface area contributed by atoms with Gasteiger partial charge < -0.3 is 10.1 Å². The predicted octanol–water partition coefficient (Wildman–Crippen LogP) is 1.52. The monoisotopic (exact) mass is 351 g/mol. The Morgan fingerprint density at radius 2 is 2.04 bits per heavy atom. The van der Waals surface area contributed by atoms with E-state index in [-0.39, 0.29) is 30.6 Å². The number of nitrogens with zero attached hydrogens (tertiary/aromatic N) is 2. The van der Waals surface area contributed by atoms with Crippen molar-refractivity contribution < 1.29 is 14.3 Å². The maximum atomic E-state index is 11.7. The van der Waals surface area contributed by atoms with Crippen molar-refractivity contribution in [2.45, 2.75) is 25.5 Å². The van der Waals surface area contributed by atoms with E-state index in [1.807, 2.05) is 24.3 Å². The lowest BCUT2D eigenvalue weighted by molar-refractivity contribution is -0.128. The van der Waals surface area contributed by atoms with Gasteiger partial charge in [-0.15, -0.1) is 0 Å². The smallest absolute Gasteiger partial charge is 0.324 e. The summed E-state index contributed by atoms with van der Waals surface area (Å²) in [4.78, 5) is 27.0. The van der Waals surface area contributed by atoms with Crippen LogP contribution in [0.15, 0.2) is 24.3 Å². The number of morpholine rings is 1. The molecular formula is C17H22ClN3O3. The first-order valence-corrected chi connectivity index (χ1v) is 8.63. The first-order chi connectivity index (χ1) is 11.6. The van der Waals surface area contributed by atoms with Crippen molar-refractivity contribution in [3.8, 4) is 0 Å². The Morgan fingerprint density at radius 1 is 1.29 bits per heavy atom. The molecule has 24 heavy (non-hydrogen) atoms. The number of imide groups is 1. The summed E-state index contributed by atoms with van der Waals surface area (Å²) in [6.45, 7) is 4.72. The van der Waals surface area contributed by atoms with Crippen LogP contribution in [0.2, 0.25) is 5.02 Å².